The van der Waals surface area contributed by atoms with Gasteiger partial charge < -0.3 is 9.32 Å². The summed E-state index contributed by atoms with van der Waals surface area (Å²) in [5, 5.41) is 8.43. The lowest BCUT2D eigenvalue weighted by molar-refractivity contribution is -0.132. The molecule has 0 fully saturated rings. The molecule has 2 aromatic carbocycles. The van der Waals surface area contributed by atoms with Crippen LogP contribution in [0.4, 0.5) is 4.39 Å². The van der Waals surface area contributed by atoms with Crippen molar-refractivity contribution in [1.29, 1.82) is 0 Å². The van der Waals surface area contributed by atoms with Crippen LogP contribution < -0.4 is 0 Å². The van der Waals surface area contributed by atoms with Gasteiger partial charge in [0.05, 0.1) is 28.6 Å². The van der Waals surface area contributed by atoms with Crippen LogP contribution in [0.1, 0.15) is 19.2 Å². The van der Waals surface area contributed by atoms with Crippen LogP contribution in [-0.4, -0.2) is 53.9 Å². The van der Waals surface area contributed by atoms with Gasteiger partial charge in [0, 0.05) is 13.6 Å². The summed E-state index contributed by atoms with van der Waals surface area (Å²) in [4.78, 5) is 14.2. The van der Waals surface area contributed by atoms with Crippen LogP contribution in [0.25, 0.3) is 11.5 Å². The molecular formula is C21H22ClFN4O4S. The Morgan fingerprint density at radius 1 is 1.12 bits per heavy atom. The maximum atomic E-state index is 13.1. The zero-order valence-corrected chi connectivity index (χ0v) is 19.1. The molecule has 1 heterocycles. The van der Waals surface area contributed by atoms with Crippen molar-refractivity contribution in [3.63, 3.8) is 0 Å². The molecule has 0 spiro atoms. The molecule has 0 aliphatic rings. The van der Waals surface area contributed by atoms with Gasteiger partial charge >= 0.3 is 0 Å². The standard InChI is InChI=1S/C21H22ClFN4O4S/c1-3-12-27(13-19-24-25-21(31-19)17-6-4-5-7-18(17)22)20(28)14-26(2)32(29,30)16-10-8-15(23)9-11-16/h4-11H,3,12-14H2,1-2H3. The number of carbonyl (C=O) groups is 1. The highest BCUT2D eigenvalue weighted by atomic mass is 35.5. The number of aromatic nitrogens is 2. The molecule has 0 atom stereocenters. The molecule has 11 heteroatoms. The molecule has 0 saturated carbocycles. The summed E-state index contributed by atoms with van der Waals surface area (Å²) in [5.74, 6) is -0.554. The first-order valence-electron chi connectivity index (χ1n) is 9.79. The van der Waals surface area contributed by atoms with Gasteiger partial charge in [0.1, 0.15) is 5.82 Å². The molecule has 0 radical (unpaired) electrons. The second-order valence-electron chi connectivity index (χ2n) is 7.01. The van der Waals surface area contributed by atoms with Crippen LogP contribution in [-0.2, 0) is 21.4 Å². The minimum atomic E-state index is -3.96. The van der Waals surface area contributed by atoms with Crippen LogP contribution >= 0.6 is 11.6 Å². The van der Waals surface area contributed by atoms with Crippen molar-refractivity contribution in [2.45, 2.75) is 24.8 Å². The van der Waals surface area contributed by atoms with Gasteiger partial charge in [-0.3, -0.25) is 4.79 Å². The molecule has 0 N–H and O–H groups in total. The Labute approximate surface area is 190 Å². The molecular weight excluding hydrogens is 459 g/mol. The fourth-order valence-electron chi connectivity index (χ4n) is 2.95. The maximum absolute atomic E-state index is 13.1. The number of hydrogen-bond donors (Lipinski definition) is 0. The van der Waals surface area contributed by atoms with E-state index in [0.717, 1.165) is 28.6 Å². The average Bonchev–Trinajstić information content (AvgIpc) is 3.22. The zero-order valence-electron chi connectivity index (χ0n) is 17.5. The van der Waals surface area contributed by atoms with E-state index in [1.807, 2.05) is 6.92 Å². The summed E-state index contributed by atoms with van der Waals surface area (Å²) >= 11 is 6.16. The van der Waals surface area contributed by atoms with Gasteiger partial charge in [-0.1, -0.05) is 30.7 Å². The first-order chi connectivity index (χ1) is 15.2. The summed E-state index contributed by atoms with van der Waals surface area (Å²) in [7, 11) is -2.66. The van der Waals surface area contributed by atoms with Gasteiger partial charge in [0.15, 0.2) is 0 Å². The molecule has 3 rings (SSSR count). The number of likely N-dealkylation sites (N-methyl/N-ethyl adjacent to an activating group) is 1. The lowest BCUT2D eigenvalue weighted by atomic mass is 10.2. The summed E-state index contributed by atoms with van der Waals surface area (Å²) in [6.07, 6.45) is 0.645. The van der Waals surface area contributed by atoms with Crippen LogP contribution in [0.5, 0.6) is 0 Å². The van der Waals surface area contributed by atoms with Gasteiger partial charge in [-0.25, -0.2) is 12.8 Å². The van der Waals surface area contributed by atoms with E-state index in [4.69, 9.17) is 16.0 Å². The molecule has 1 amide bonds. The summed E-state index contributed by atoms with van der Waals surface area (Å²) in [6, 6.07) is 11.4. The number of halogens is 2. The summed E-state index contributed by atoms with van der Waals surface area (Å²) in [6.45, 7) is 1.88. The Kier molecular flexibility index (Phi) is 7.60. The number of rotatable bonds is 9. The van der Waals surface area contributed by atoms with Crippen molar-refractivity contribution < 1.29 is 22.0 Å². The molecule has 1 aromatic heterocycles. The third-order valence-corrected chi connectivity index (χ3v) is 6.77. The number of benzene rings is 2. The largest absolute Gasteiger partial charge is 0.419 e. The van der Waals surface area contributed by atoms with Gasteiger partial charge in [-0.2, -0.15) is 4.31 Å². The van der Waals surface area contributed by atoms with Gasteiger partial charge in [-0.05, 0) is 42.8 Å². The van der Waals surface area contributed by atoms with Crippen molar-refractivity contribution in [1.82, 2.24) is 19.4 Å². The van der Waals surface area contributed by atoms with Crippen LogP contribution in [0, 0.1) is 5.82 Å². The average molecular weight is 481 g/mol. The zero-order chi connectivity index (χ0) is 23.3. The molecule has 8 nitrogen and oxygen atoms in total. The second-order valence-corrected chi connectivity index (χ2v) is 9.46. The number of sulfonamides is 1. The molecule has 0 aliphatic carbocycles. The summed E-state index contributed by atoms with van der Waals surface area (Å²) < 4.78 is 45.1. The third kappa shape index (κ3) is 5.50. The van der Waals surface area contributed by atoms with Crippen LogP contribution in [0.15, 0.2) is 57.8 Å². The number of amides is 1. The van der Waals surface area contributed by atoms with E-state index in [2.05, 4.69) is 10.2 Å². The van der Waals surface area contributed by atoms with Crippen LogP contribution in [0.3, 0.4) is 0 Å². The van der Waals surface area contributed by atoms with E-state index in [9.17, 15) is 17.6 Å². The lowest BCUT2D eigenvalue weighted by Gasteiger charge is -2.24. The van der Waals surface area contributed by atoms with Crippen molar-refractivity contribution in [3.8, 4) is 11.5 Å². The highest BCUT2D eigenvalue weighted by molar-refractivity contribution is 7.89. The Morgan fingerprint density at radius 2 is 1.81 bits per heavy atom. The SMILES string of the molecule is CCCN(Cc1nnc(-c2ccccc2Cl)o1)C(=O)CN(C)S(=O)(=O)c1ccc(F)cc1. The normalized spacial score (nSPS) is 11.7. The number of hydrogen-bond acceptors (Lipinski definition) is 6. The predicted octanol–water partition coefficient (Wildman–Crippen LogP) is 3.59. The van der Waals surface area contributed by atoms with E-state index >= 15 is 0 Å². The van der Waals surface area contributed by atoms with Crippen LogP contribution in [0.2, 0.25) is 5.02 Å². The quantitative estimate of drug-likeness (QED) is 0.464. The number of nitrogens with zero attached hydrogens (tertiary/aromatic N) is 4. The molecule has 32 heavy (non-hydrogen) atoms. The van der Waals surface area contributed by atoms with E-state index in [-0.39, 0.29) is 23.2 Å². The Bertz CT molecular complexity index is 1180. The molecule has 0 bridgehead atoms. The lowest BCUT2D eigenvalue weighted by Crippen LogP contribution is -2.41. The highest BCUT2D eigenvalue weighted by Crippen LogP contribution is 2.26. The number of carbonyl (C=O) groups excluding carboxylic acids is 1. The third-order valence-electron chi connectivity index (χ3n) is 4.62. The van der Waals surface area contributed by atoms with Gasteiger partial charge in [0.2, 0.25) is 27.7 Å². The van der Waals surface area contributed by atoms with E-state index in [0.29, 0.717) is 23.6 Å². The van der Waals surface area contributed by atoms with E-state index in [1.54, 1.807) is 24.3 Å². The first kappa shape index (κ1) is 23.8. The molecule has 170 valence electrons. The minimum absolute atomic E-state index is 0.0224. The minimum Gasteiger partial charge on any atom is -0.419 e. The summed E-state index contributed by atoms with van der Waals surface area (Å²) in [5.41, 5.74) is 0.575. The Balaban J connectivity index is 1.72. The van der Waals surface area contributed by atoms with E-state index < -0.39 is 28.3 Å². The van der Waals surface area contributed by atoms with E-state index in [1.165, 1.54) is 11.9 Å². The maximum Gasteiger partial charge on any atom is 0.249 e. The molecule has 0 saturated heterocycles. The Hall–Kier alpha value is -2.82. The van der Waals surface area contributed by atoms with Gasteiger partial charge in [0.25, 0.3) is 0 Å². The first-order valence-corrected chi connectivity index (χ1v) is 11.6. The van der Waals surface area contributed by atoms with Crippen molar-refractivity contribution >= 4 is 27.5 Å². The van der Waals surface area contributed by atoms with Gasteiger partial charge in [-0.15, -0.1) is 10.2 Å². The molecule has 0 aliphatic heterocycles. The smallest absolute Gasteiger partial charge is 0.249 e. The molecule has 3 aromatic rings. The second kappa shape index (κ2) is 10.2. The monoisotopic (exact) mass is 480 g/mol. The Morgan fingerprint density at radius 3 is 2.47 bits per heavy atom. The van der Waals surface area contributed by atoms with Crippen molar-refractivity contribution in [2.75, 3.05) is 20.1 Å². The fourth-order valence-corrected chi connectivity index (χ4v) is 4.28. The predicted molar refractivity (Wildman–Crippen MR) is 117 cm³/mol. The highest BCUT2D eigenvalue weighted by Gasteiger charge is 2.26. The van der Waals surface area contributed by atoms with Crippen molar-refractivity contribution in [3.05, 3.63) is 65.3 Å². The topological polar surface area (TPSA) is 96.6 Å². The fraction of sp³-hybridized carbons (Fsp3) is 0.286. The van der Waals surface area contributed by atoms with Crippen molar-refractivity contribution in [2.24, 2.45) is 0 Å². The molecule has 0 unspecified atom stereocenters.